The molecule has 132 valence electrons. The molecule has 2 aliphatic rings. The fourth-order valence-corrected chi connectivity index (χ4v) is 3.92. The van der Waals surface area contributed by atoms with Gasteiger partial charge in [0, 0.05) is 43.8 Å². The molecular weight excluding hydrogens is 316 g/mol. The Labute approximate surface area is 147 Å². The molecule has 0 saturated carbocycles. The molecular formula is C18H24N6O. The smallest absolute Gasteiger partial charge is 0.315 e. The van der Waals surface area contributed by atoms with Gasteiger partial charge in [0.15, 0.2) is 5.82 Å². The molecule has 0 aromatic carbocycles. The Kier molecular flexibility index (Phi) is 4.65. The molecule has 2 amide bonds. The molecule has 0 spiro atoms. The first kappa shape index (κ1) is 16.1. The van der Waals surface area contributed by atoms with E-state index in [1.54, 1.807) is 17.1 Å². The second kappa shape index (κ2) is 7.23. The van der Waals surface area contributed by atoms with Gasteiger partial charge in [0.2, 0.25) is 0 Å². The van der Waals surface area contributed by atoms with Crippen molar-refractivity contribution in [2.75, 3.05) is 13.1 Å². The Hall–Kier alpha value is -2.41. The molecule has 25 heavy (non-hydrogen) atoms. The van der Waals surface area contributed by atoms with Gasteiger partial charge in [0.05, 0.1) is 0 Å². The molecule has 0 aliphatic carbocycles. The minimum Gasteiger partial charge on any atom is -0.334 e. The van der Waals surface area contributed by atoms with Gasteiger partial charge in [-0.15, -0.1) is 0 Å². The van der Waals surface area contributed by atoms with Crippen molar-refractivity contribution in [2.24, 2.45) is 0 Å². The third-order valence-corrected chi connectivity index (χ3v) is 5.17. The maximum atomic E-state index is 12.3. The van der Waals surface area contributed by atoms with Crippen LogP contribution in [-0.2, 0) is 6.54 Å². The lowest BCUT2D eigenvalue weighted by Crippen LogP contribution is -2.49. The number of fused-ring (bicyclic) bond motifs is 1. The molecule has 0 bridgehead atoms. The van der Waals surface area contributed by atoms with Crippen molar-refractivity contribution in [3.8, 4) is 5.82 Å². The number of carbonyl (C=O) groups is 1. The van der Waals surface area contributed by atoms with Crippen molar-refractivity contribution >= 4 is 6.03 Å². The highest BCUT2D eigenvalue weighted by atomic mass is 16.2. The molecule has 2 saturated heterocycles. The van der Waals surface area contributed by atoms with E-state index in [4.69, 9.17) is 0 Å². The molecule has 4 heterocycles. The van der Waals surface area contributed by atoms with Crippen molar-refractivity contribution in [1.82, 2.24) is 30.3 Å². The van der Waals surface area contributed by atoms with Crippen LogP contribution in [0.5, 0.6) is 0 Å². The first-order valence-corrected chi connectivity index (χ1v) is 9.03. The lowest BCUT2D eigenvalue weighted by molar-refractivity contribution is 0.179. The van der Waals surface area contributed by atoms with E-state index in [-0.39, 0.29) is 12.1 Å². The van der Waals surface area contributed by atoms with Crippen LogP contribution in [0, 0.1) is 0 Å². The van der Waals surface area contributed by atoms with Crippen LogP contribution in [0.25, 0.3) is 5.82 Å². The number of piperidine rings is 1. The maximum absolute atomic E-state index is 12.3. The van der Waals surface area contributed by atoms with Crippen LogP contribution in [0.2, 0.25) is 0 Å². The Morgan fingerprint density at radius 2 is 2.20 bits per heavy atom. The number of pyridine rings is 1. The molecule has 4 rings (SSSR count). The Morgan fingerprint density at radius 1 is 1.24 bits per heavy atom. The summed E-state index contributed by atoms with van der Waals surface area (Å²) in [6.45, 7) is 2.76. The highest BCUT2D eigenvalue weighted by molar-refractivity contribution is 5.74. The summed E-state index contributed by atoms with van der Waals surface area (Å²) in [5, 5.41) is 10.3. The van der Waals surface area contributed by atoms with E-state index in [0.29, 0.717) is 12.6 Å². The first-order chi connectivity index (χ1) is 12.3. The number of nitrogens with one attached hydrogen (secondary N) is 2. The fraction of sp³-hybridized carbons (Fsp3) is 0.500. The summed E-state index contributed by atoms with van der Waals surface area (Å²) in [6, 6.07) is 6.41. The Bertz CT molecular complexity index is 716. The first-order valence-electron chi connectivity index (χ1n) is 9.03. The van der Waals surface area contributed by atoms with Crippen LogP contribution >= 0.6 is 0 Å². The average Bonchev–Trinajstić information content (AvgIpc) is 3.31. The number of nitrogens with zero attached hydrogens (tertiary/aromatic N) is 4. The number of rotatable bonds is 4. The van der Waals surface area contributed by atoms with Crippen molar-refractivity contribution < 1.29 is 4.79 Å². The molecule has 2 atom stereocenters. The van der Waals surface area contributed by atoms with Crippen LogP contribution in [0.15, 0.2) is 36.8 Å². The van der Waals surface area contributed by atoms with E-state index in [0.717, 1.165) is 24.3 Å². The van der Waals surface area contributed by atoms with Gasteiger partial charge in [0.25, 0.3) is 0 Å². The molecule has 2 aromatic rings. The standard InChI is InChI=1S/C18H24N6O/c25-18(22-15-6-11-23-9-2-1-4-16(15)23)20-13-14-5-8-19-17(12-14)24-10-3-7-21-24/h3,5,7-8,10,12,15-16H,1-2,4,6,9,11,13H2,(H2,20,22,25)/t15-,16+/m1/s1. The van der Waals surface area contributed by atoms with E-state index >= 15 is 0 Å². The highest BCUT2D eigenvalue weighted by Gasteiger charge is 2.36. The molecule has 7 heteroatoms. The molecule has 2 fully saturated rings. The molecule has 0 radical (unpaired) electrons. The number of aromatic nitrogens is 3. The van der Waals surface area contributed by atoms with Crippen LogP contribution < -0.4 is 10.6 Å². The summed E-state index contributed by atoms with van der Waals surface area (Å²) >= 11 is 0. The van der Waals surface area contributed by atoms with Gasteiger partial charge in [0.1, 0.15) is 0 Å². The van der Waals surface area contributed by atoms with E-state index in [1.165, 1.54) is 25.8 Å². The monoisotopic (exact) mass is 340 g/mol. The van der Waals surface area contributed by atoms with E-state index in [2.05, 4.69) is 25.6 Å². The molecule has 2 aromatic heterocycles. The van der Waals surface area contributed by atoms with Gasteiger partial charge in [-0.05, 0) is 49.6 Å². The number of hydrogen-bond donors (Lipinski definition) is 2. The quantitative estimate of drug-likeness (QED) is 0.888. The summed E-state index contributed by atoms with van der Waals surface area (Å²) in [6.07, 6.45) is 10.1. The third kappa shape index (κ3) is 3.66. The summed E-state index contributed by atoms with van der Waals surface area (Å²) in [5.74, 6) is 0.748. The minimum absolute atomic E-state index is 0.0881. The van der Waals surface area contributed by atoms with Crippen molar-refractivity contribution in [3.63, 3.8) is 0 Å². The van der Waals surface area contributed by atoms with Gasteiger partial charge in [-0.3, -0.25) is 4.90 Å². The third-order valence-electron chi connectivity index (χ3n) is 5.17. The van der Waals surface area contributed by atoms with Crippen molar-refractivity contribution in [3.05, 3.63) is 42.4 Å². The minimum atomic E-state index is -0.0881. The van der Waals surface area contributed by atoms with E-state index in [9.17, 15) is 4.79 Å². The Balaban J connectivity index is 1.31. The summed E-state index contributed by atoms with van der Waals surface area (Å²) in [5.41, 5.74) is 1.00. The summed E-state index contributed by atoms with van der Waals surface area (Å²) < 4.78 is 1.71. The molecule has 2 aliphatic heterocycles. The van der Waals surface area contributed by atoms with Crippen molar-refractivity contribution in [1.29, 1.82) is 0 Å². The lowest BCUT2D eigenvalue weighted by Gasteiger charge is -2.32. The second-order valence-corrected chi connectivity index (χ2v) is 6.79. The molecule has 7 nitrogen and oxygen atoms in total. The van der Waals surface area contributed by atoms with Gasteiger partial charge in [-0.1, -0.05) is 6.42 Å². The molecule has 0 unspecified atom stereocenters. The normalized spacial score (nSPS) is 23.2. The summed E-state index contributed by atoms with van der Waals surface area (Å²) in [7, 11) is 0. The topological polar surface area (TPSA) is 75.1 Å². The zero-order valence-corrected chi connectivity index (χ0v) is 14.3. The van der Waals surface area contributed by atoms with Crippen molar-refractivity contribution in [2.45, 2.75) is 44.3 Å². The number of amides is 2. The van der Waals surface area contributed by atoms with Gasteiger partial charge in [-0.25, -0.2) is 14.5 Å². The van der Waals surface area contributed by atoms with E-state index in [1.807, 2.05) is 24.4 Å². The van der Waals surface area contributed by atoms with Gasteiger partial charge >= 0.3 is 6.03 Å². The van der Waals surface area contributed by atoms with Gasteiger partial charge in [-0.2, -0.15) is 5.10 Å². The predicted octanol–water partition coefficient (Wildman–Crippen LogP) is 1.69. The largest absolute Gasteiger partial charge is 0.334 e. The fourth-order valence-electron chi connectivity index (χ4n) is 3.92. The van der Waals surface area contributed by atoms with Gasteiger partial charge < -0.3 is 10.6 Å². The summed E-state index contributed by atoms with van der Waals surface area (Å²) in [4.78, 5) is 19.1. The average molecular weight is 340 g/mol. The van der Waals surface area contributed by atoms with E-state index < -0.39 is 0 Å². The maximum Gasteiger partial charge on any atom is 0.315 e. The zero-order chi connectivity index (χ0) is 17.1. The lowest BCUT2D eigenvalue weighted by atomic mass is 9.99. The number of urea groups is 1. The second-order valence-electron chi connectivity index (χ2n) is 6.79. The number of hydrogen-bond acceptors (Lipinski definition) is 4. The Morgan fingerprint density at radius 3 is 3.08 bits per heavy atom. The highest BCUT2D eigenvalue weighted by Crippen LogP contribution is 2.27. The van der Waals surface area contributed by atoms with Crippen LogP contribution in [0.4, 0.5) is 4.79 Å². The molecule has 2 N–H and O–H groups in total. The van der Waals surface area contributed by atoms with Crippen LogP contribution in [-0.4, -0.2) is 50.9 Å². The predicted molar refractivity (Wildman–Crippen MR) is 94.3 cm³/mol. The SMILES string of the molecule is O=C(NCc1ccnc(-n2cccn2)c1)N[C@@H]1CCN2CCCC[C@@H]12. The number of carbonyl (C=O) groups excluding carboxylic acids is 1. The van der Waals surface area contributed by atoms with Crippen LogP contribution in [0.1, 0.15) is 31.2 Å². The van der Waals surface area contributed by atoms with Crippen LogP contribution in [0.3, 0.4) is 0 Å². The zero-order valence-electron chi connectivity index (χ0n) is 14.3.